The summed E-state index contributed by atoms with van der Waals surface area (Å²) >= 11 is 3.21. The van der Waals surface area contributed by atoms with Gasteiger partial charge >= 0.3 is 0 Å². The lowest BCUT2D eigenvalue weighted by atomic mass is 10.3. The molecule has 1 amide bonds. The standard InChI is InChI=1S/C18H17N3OS2/c22-17(12-24-18-7-4-10-23-18)19-16-11-15(13-8-9-13)20-21(16)14-5-2-1-3-6-14/h1-7,10-11,13H,8-9,12H2,(H,19,22). The average molecular weight is 355 g/mol. The number of carbonyl (C=O) groups is 1. The molecule has 1 aliphatic carbocycles. The van der Waals surface area contributed by atoms with Gasteiger partial charge in [-0.15, -0.1) is 23.1 Å². The average Bonchev–Trinajstić information content (AvgIpc) is 3.17. The summed E-state index contributed by atoms with van der Waals surface area (Å²) in [6.07, 6.45) is 2.38. The Labute approximate surface area is 148 Å². The van der Waals surface area contributed by atoms with E-state index in [2.05, 4.69) is 5.32 Å². The van der Waals surface area contributed by atoms with Crippen LogP contribution in [0.3, 0.4) is 0 Å². The summed E-state index contributed by atoms with van der Waals surface area (Å²) in [6, 6.07) is 16.0. The Kier molecular flexibility index (Phi) is 4.40. The Morgan fingerprint density at radius 3 is 2.79 bits per heavy atom. The topological polar surface area (TPSA) is 46.9 Å². The molecule has 0 aliphatic heterocycles. The summed E-state index contributed by atoms with van der Waals surface area (Å²) < 4.78 is 2.99. The monoisotopic (exact) mass is 355 g/mol. The number of thiophene rings is 1. The summed E-state index contributed by atoms with van der Waals surface area (Å²) in [7, 11) is 0. The van der Waals surface area contributed by atoms with Crippen molar-refractivity contribution in [3.63, 3.8) is 0 Å². The van der Waals surface area contributed by atoms with Crippen molar-refractivity contribution in [3.05, 3.63) is 59.6 Å². The third-order valence-corrected chi connectivity index (χ3v) is 5.96. The van der Waals surface area contributed by atoms with Crippen molar-refractivity contribution in [2.45, 2.75) is 23.0 Å². The zero-order chi connectivity index (χ0) is 16.4. The first kappa shape index (κ1) is 15.5. The summed E-state index contributed by atoms with van der Waals surface area (Å²) in [5.41, 5.74) is 2.03. The van der Waals surface area contributed by atoms with Crippen molar-refractivity contribution in [3.8, 4) is 5.69 Å². The highest BCUT2D eigenvalue weighted by atomic mass is 32.2. The van der Waals surface area contributed by atoms with Crippen molar-refractivity contribution in [2.75, 3.05) is 11.1 Å². The highest BCUT2D eigenvalue weighted by molar-refractivity contribution is 8.01. The van der Waals surface area contributed by atoms with Crippen molar-refractivity contribution < 1.29 is 4.79 Å². The van der Waals surface area contributed by atoms with E-state index in [0.717, 1.165) is 21.4 Å². The fraction of sp³-hybridized carbons (Fsp3) is 0.222. The molecule has 3 aromatic rings. The number of rotatable bonds is 6. The maximum Gasteiger partial charge on any atom is 0.235 e. The van der Waals surface area contributed by atoms with Crippen LogP contribution in [-0.4, -0.2) is 21.4 Å². The number of hydrogen-bond acceptors (Lipinski definition) is 4. The molecule has 1 N–H and O–H groups in total. The summed E-state index contributed by atoms with van der Waals surface area (Å²) in [4.78, 5) is 12.3. The predicted octanol–water partition coefficient (Wildman–Crippen LogP) is 4.54. The van der Waals surface area contributed by atoms with Crippen LogP contribution in [-0.2, 0) is 4.79 Å². The maximum atomic E-state index is 12.3. The van der Waals surface area contributed by atoms with E-state index in [9.17, 15) is 4.79 Å². The molecule has 0 spiro atoms. The quantitative estimate of drug-likeness (QED) is 0.660. The number of anilines is 1. The minimum absolute atomic E-state index is 0.00664. The van der Waals surface area contributed by atoms with E-state index >= 15 is 0 Å². The van der Waals surface area contributed by atoms with Crippen LogP contribution in [0.4, 0.5) is 5.82 Å². The van der Waals surface area contributed by atoms with Crippen LogP contribution in [0.1, 0.15) is 24.5 Å². The molecule has 0 atom stereocenters. The third kappa shape index (κ3) is 3.55. The summed E-state index contributed by atoms with van der Waals surface area (Å²) in [5, 5.41) is 9.74. The fourth-order valence-corrected chi connectivity index (χ4v) is 4.08. The van der Waals surface area contributed by atoms with Gasteiger partial charge in [-0.1, -0.05) is 24.3 Å². The van der Waals surface area contributed by atoms with E-state index in [1.54, 1.807) is 23.1 Å². The highest BCUT2D eigenvalue weighted by Gasteiger charge is 2.28. The minimum atomic E-state index is -0.00664. The molecule has 2 heterocycles. The van der Waals surface area contributed by atoms with Gasteiger partial charge in [0.05, 0.1) is 21.3 Å². The molecule has 1 aromatic carbocycles. The van der Waals surface area contributed by atoms with Crippen molar-refractivity contribution in [2.24, 2.45) is 0 Å². The Morgan fingerprint density at radius 1 is 1.25 bits per heavy atom. The summed E-state index contributed by atoms with van der Waals surface area (Å²) in [6.45, 7) is 0. The number of nitrogens with one attached hydrogen (secondary N) is 1. The van der Waals surface area contributed by atoms with Crippen LogP contribution < -0.4 is 5.32 Å². The van der Waals surface area contributed by atoms with Gasteiger partial charge in [0, 0.05) is 12.0 Å². The molecule has 1 saturated carbocycles. The van der Waals surface area contributed by atoms with Crippen molar-refractivity contribution in [1.29, 1.82) is 0 Å². The zero-order valence-electron chi connectivity index (χ0n) is 13.0. The number of amides is 1. The molecule has 2 aromatic heterocycles. The van der Waals surface area contributed by atoms with Gasteiger partial charge in [0.1, 0.15) is 5.82 Å². The smallest absolute Gasteiger partial charge is 0.235 e. The normalized spacial score (nSPS) is 13.8. The first-order chi connectivity index (χ1) is 11.8. The zero-order valence-corrected chi connectivity index (χ0v) is 14.6. The van der Waals surface area contributed by atoms with Gasteiger partial charge in [-0.3, -0.25) is 4.79 Å². The predicted molar refractivity (Wildman–Crippen MR) is 99.2 cm³/mol. The SMILES string of the molecule is O=C(CSc1cccs1)Nc1cc(C2CC2)nn1-c1ccccc1. The summed E-state index contributed by atoms with van der Waals surface area (Å²) in [5.74, 6) is 1.69. The number of aromatic nitrogens is 2. The Bertz CT molecular complexity index is 823. The van der Waals surface area contributed by atoms with Gasteiger partial charge in [0.15, 0.2) is 0 Å². The number of hydrogen-bond donors (Lipinski definition) is 1. The molecule has 4 rings (SSSR count). The number of benzene rings is 1. The Morgan fingerprint density at radius 2 is 2.08 bits per heavy atom. The first-order valence-corrected chi connectivity index (χ1v) is 9.77. The molecule has 0 bridgehead atoms. The van der Waals surface area contributed by atoms with Gasteiger partial charge in [0.2, 0.25) is 5.91 Å². The Hall–Kier alpha value is -2.05. The second-order valence-corrected chi connectivity index (χ2v) is 7.97. The number of para-hydroxylation sites is 1. The van der Waals surface area contributed by atoms with Crippen molar-refractivity contribution >= 4 is 34.8 Å². The largest absolute Gasteiger partial charge is 0.310 e. The molecule has 6 heteroatoms. The lowest BCUT2D eigenvalue weighted by Crippen LogP contribution is -2.16. The van der Waals surface area contributed by atoms with E-state index in [0.29, 0.717) is 11.7 Å². The Balaban J connectivity index is 1.52. The molecule has 24 heavy (non-hydrogen) atoms. The van der Waals surface area contributed by atoms with Crippen LogP contribution >= 0.6 is 23.1 Å². The third-order valence-electron chi connectivity index (χ3n) is 3.83. The molecular weight excluding hydrogens is 338 g/mol. The van der Waals surface area contributed by atoms with Gasteiger partial charge in [-0.2, -0.15) is 5.10 Å². The van der Waals surface area contributed by atoms with Gasteiger partial charge < -0.3 is 5.32 Å². The van der Waals surface area contributed by atoms with E-state index in [4.69, 9.17) is 5.10 Å². The van der Waals surface area contributed by atoms with Crippen LogP contribution in [0, 0.1) is 0 Å². The molecule has 122 valence electrons. The van der Waals surface area contributed by atoms with E-state index < -0.39 is 0 Å². The molecule has 1 aliphatic rings. The van der Waals surface area contributed by atoms with Crippen LogP contribution in [0.15, 0.2) is 58.1 Å². The molecule has 1 fully saturated rings. The highest BCUT2D eigenvalue weighted by Crippen LogP contribution is 2.40. The fourth-order valence-electron chi connectivity index (χ4n) is 2.49. The second kappa shape index (κ2) is 6.83. The first-order valence-electron chi connectivity index (χ1n) is 7.91. The maximum absolute atomic E-state index is 12.3. The molecule has 0 unspecified atom stereocenters. The minimum Gasteiger partial charge on any atom is -0.310 e. The molecule has 4 nitrogen and oxygen atoms in total. The van der Waals surface area contributed by atoms with E-state index in [1.165, 1.54) is 12.8 Å². The lowest BCUT2D eigenvalue weighted by molar-refractivity contribution is -0.113. The molecule has 0 radical (unpaired) electrons. The van der Waals surface area contributed by atoms with Gasteiger partial charge in [-0.25, -0.2) is 4.68 Å². The van der Waals surface area contributed by atoms with Crippen LogP contribution in [0.25, 0.3) is 5.69 Å². The second-order valence-electron chi connectivity index (χ2n) is 5.75. The van der Waals surface area contributed by atoms with Gasteiger partial charge in [0.25, 0.3) is 0 Å². The van der Waals surface area contributed by atoms with Crippen molar-refractivity contribution in [1.82, 2.24) is 9.78 Å². The molecule has 0 saturated heterocycles. The van der Waals surface area contributed by atoms with E-state index in [-0.39, 0.29) is 5.91 Å². The number of carbonyl (C=O) groups excluding carboxylic acids is 1. The van der Waals surface area contributed by atoms with Gasteiger partial charge in [-0.05, 0) is 36.4 Å². The van der Waals surface area contributed by atoms with Crippen LogP contribution in [0.5, 0.6) is 0 Å². The van der Waals surface area contributed by atoms with E-state index in [1.807, 2.05) is 58.6 Å². The number of nitrogens with zero attached hydrogens (tertiary/aromatic N) is 2. The lowest BCUT2D eigenvalue weighted by Gasteiger charge is -2.08. The molecular formula is C18H17N3OS2. The van der Waals surface area contributed by atoms with Crippen LogP contribution in [0.2, 0.25) is 0 Å². The number of thioether (sulfide) groups is 1.